The van der Waals surface area contributed by atoms with Crippen molar-refractivity contribution in [2.45, 2.75) is 12.0 Å². The molecule has 1 unspecified atom stereocenters. The lowest BCUT2D eigenvalue weighted by Crippen LogP contribution is -2.37. The van der Waals surface area contributed by atoms with Crippen molar-refractivity contribution in [3.05, 3.63) is 0 Å². The van der Waals surface area contributed by atoms with Crippen molar-refractivity contribution in [2.24, 2.45) is 7.05 Å². The Morgan fingerprint density at radius 2 is 2.36 bits per heavy atom. The maximum atomic E-state index is 9.79. The zero-order valence-electron chi connectivity index (χ0n) is 7.96. The van der Waals surface area contributed by atoms with E-state index in [0.29, 0.717) is 25.5 Å². The fraction of sp³-hybridized carbons (Fsp3) is 0.857. The molecule has 1 aliphatic heterocycles. The number of hydrogen-bond acceptors (Lipinski definition) is 6. The molecule has 0 aliphatic carbocycles. The predicted molar refractivity (Wildman–Crippen MR) is 47.7 cm³/mol. The van der Waals surface area contributed by atoms with Crippen molar-refractivity contribution < 1.29 is 10.2 Å². The summed E-state index contributed by atoms with van der Waals surface area (Å²) in [5.41, 5.74) is -1.01. The molecule has 1 aromatic rings. The molecule has 1 saturated heterocycles. The van der Waals surface area contributed by atoms with Crippen molar-refractivity contribution in [3.8, 4) is 0 Å². The van der Waals surface area contributed by atoms with Gasteiger partial charge < -0.3 is 15.1 Å². The lowest BCUT2D eigenvalue weighted by Gasteiger charge is -2.20. The second-order valence-corrected chi connectivity index (χ2v) is 3.66. The second kappa shape index (κ2) is 3.18. The Labute approximate surface area is 80.9 Å². The summed E-state index contributed by atoms with van der Waals surface area (Å²) in [7, 11) is 1.74. The highest BCUT2D eigenvalue weighted by atomic mass is 16.3. The van der Waals surface area contributed by atoms with Crippen molar-refractivity contribution in [1.82, 2.24) is 20.2 Å². The molecule has 0 aromatic carbocycles. The van der Waals surface area contributed by atoms with Crippen molar-refractivity contribution >= 4 is 5.95 Å². The van der Waals surface area contributed by atoms with Crippen LogP contribution in [0.1, 0.15) is 6.42 Å². The summed E-state index contributed by atoms with van der Waals surface area (Å²) in [4.78, 5) is 1.86. The first-order valence-corrected chi connectivity index (χ1v) is 4.45. The summed E-state index contributed by atoms with van der Waals surface area (Å²) in [5, 5.41) is 29.8. The molecule has 0 radical (unpaired) electrons. The van der Waals surface area contributed by atoms with E-state index >= 15 is 0 Å². The lowest BCUT2D eigenvalue weighted by molar-refractivity contribution is 0.00468. The number of hydrogen-bond donors (Lipinski definition) is 2. The van der Waals surface area contributed by atoms with Gasteiger partial charge in [-0.25, -0.2) is 4.68 Å². The summed E-state index contributed by atoms with van der Waals surface area (Å²) in [6.07, 6.45) is 0.538. The van der Waals surface area contributed by atoms with Crippen LogP contribution in [0.5, 0.6) is 0 Å². The number of aliphatic hydroxyl groups excluding tert-OH is 1. The molecule has 1 atom stereocenters. The number of aliphatic hydroxyl groups is 2. The van der Waals surface area contributed by atoms with Crippen LogP contribution in [0.3, 0.4) is 0 Å². The van der Waals surface area contributed by atoms with Gasteiger partial charge in [-0.15, -0.1) is 0 Å². The molecule has 14 heavy (non-hydrogen) atoms. The van der Waals surface area contributed by atoms with Crippen LogP contribution in [-0.4, -0.2) is 55.7 Å². The summed E-state index contributed by atoms with van der Waals surface area (Å²) < 4.78 is 1.54. The minimum absolute atomic E-state index is 0.227. The Hall–Kier alpha value is -1.21. The van der Waals surface area contributed by atoms with Gasteiger partial charge in [0.15, 0.2) is 0 Å². The van der Waals surface area contributed by atoms with E-state index in [1.807, 2.05) is 4.90 Å². The molecular weight excluding hydrogens is 186 g/mol. The van der Waals surface area contributed by atoms with Crippen molar-refractivity contribution in [3.63, 3.8) is 0 Å². The summed E-state index contributed by atoms with van der Waals surface area (Å²) in [6.45, 7) is 0.803. The molecule has 78 valence electrons. The third-order valence-corrected chi connectivity index (χ3v) is 2.51. The molecule has 2 N–H and O–H groups in total. The van der Waals surface area contributed by atoms with Gasteiger partial charge in [0.2, 0.25) is 5.95 Å². The first-order valence-electron chi connectivity index (χ1n) is 4.45. The van der Waals surface area contributed by atoms with E-state index in [1.165, 1.54) is 0 Å². The standard InChI is InChI=1S/C7H13N5O2/c1-11-6(8-9-10-11)12-3-2-7(14,4-12)5-13/h13-14H,2-5H2,1H3. The van der Waals surface area contributed by atoms with E-state index in [-0.39, 0.29) is 6.61 Å². The number of tetrazole rings is 1. The van der Waals surface area contributed by atoms with Crippen molar-refractivity contribution in [2.75, 3.05) is 24.6 Å². The maximum Gasteiger partial charge on any atom is 0.245 e. The SMILES string of the molecule is Cn1nnnc1N1CCC(O)(CO)C1. The molecule has 1 aromatic heterocycles. The topological polar surface area (TPSA) is 87.3 Å². The minimum Gasteiger partial charge on any atom is -0.393 e. The number of aryl methyl sites for hydroxylation is 1. The Balaban J connectivity index is 2.13. The van der Waals surface area contributed by atoms with E-state index in [9.17, 15) is 5.11 Å². The molecule has 0 bridgehead atoms. The second-order valence-electron chi connectivity index (χ2n) is 3.66. The summed E-state index contributed by atoms with van der Waals surface area (Å²) in [5.74, 6) is 0.620. The summed E-state index contributed by atoms with van der Waals surface area (Å²) >= 11 is 0. The fourth-order valence-corrected chi connectivity index (χ4v) is 1.65. The van der Waals surface area contributed by atoms with E-state index in [1.54, 1.807) is 11.7 Å². The molecule has 7 heteroatoms. The quantitative estimate of drug-likeness (QED) is 0.581. The van der Waals surface area contributed by atoms with Gasteiger partial charge in [-0.1, -0.05) is 5.10 Å². The van der Waals surface area contributed by atoms with Crippen LogP contribution in [0.25, 0.3) is 0 Å². The van der Waals surface area contributed by atoms with Gasteiger partial charge in [0.1, 0.15) is 5.60 Å². The fourth-order valence-electron chi connectivity index (χ4n) is 1.65. The highest BCUT2D eigenvalue weighted by Crippen LogP contribution is 2.23. The Kier molecular flexibility index (Phi) is 2.12. The van der Waals surface area contributed by atoms with Gasteiger partial charge in [-0.3, -0.25) is 0 Å². The predicted octanol–water partition coefficient (Wildman–Crippen LogP) is -1.86. The van der Waals surface area contributed by atoms with E-state index < -0.39 is 5.60 Å². The summed E-state index contributed by atoms with van der Waals surface area (Å²) in [6, 6.07) is 0. The Bertz CT molecular complexity index is 328. The molecule has 2 heterocycles. The smallest absolute Gasteiger partial charge is 0.245 e. The van der Waals surface area contributed by atoms with Gasteiger partial charge in [-0.2, -0.15) is 0 Å². The number of rotatable bonds is 2. The van der Waals surface area contributed by atoms with Crippen LogP contribution in [0.4, 0.5) is 5.95 Å². The Morgan fingerprint density at radius 1 is 1.57 bits per heavy atom. The van der Waals surface area contributed by atoms with Gasteiger partial charge in [0.05, 0.1) is 13.2 Å². The van der Waals surface area contributed by atoms with Gasteiger partial charge in [0.25, 0.3) is 0 Å². The molecular formula is C7H13N5O2. The largest absolute Gasteiger partial charge is 0.393 e. The van der Waals surface area contributed by atoms with Gasteiger partial charge in [0, 0.05) is 13.6 Å². The molecule has 7 nitrogen and oxygen atoms in total. The van der Waals surface area contributed by atoms with E-state index in [2.05, 4.69) is 15.5 Å². The van der Waals surface area contributed by atoms with Crippen LogP contribution in [0.15, 0.2) is 0 Å². The van der Waals surface area contributed by atoms with Gasteiger partial charge >= 0.3 is 0 Å². The molecule has 0 amide bonds. The molecule has 0 saturated carbocycles. The monoisotopic (exact) mass is 199 g/mol. The zero-order valence-corrected chi connectivity index (χ0v) is 7.96. The lowest BCUT2D eigenvalue weighted by atomic mass is 10.1. The normalized spacial score (nSPS) is 27.2. The van der Waals surface area contributed by atoms with Crippen LogP contribution in [-0.2, 0) is 7.05 Å². The highest BCUT2D eigenvalue weighted by molar-refractivity contribution is 5.31. The molecule has 2 rings (SSSR count). The Morgan fingerprint density at radius 3 is 2.86 bits per heavy atom. The number of nitrogens with zero attached hydrogens (tertiary/aromatic N) is 5. The highest BCUT2D eigenvalue weighted by Gasteiger charge is 2.37. The van der Waals surface area contributed by atoms with Crippen molar-refractivity contribution in [1.29, 1.82) is 0 Å². The minimum atomic E-state index is -1.01. The number of aromatic nitrogens is 4. The van der Waals surface area contributed by atoms with Crippen LogP contribution < -0.4 is 4.90 Å². The molecule has 1 fully saturated rings. The first-order chi connectivity index (χ1) is 6.64. The third kappa shape index (κ3) is 1.44. The van der Waals surface area contributed by atoms with Crippen LogP contribution in [0, 0.1) is 0 Å². The first kappa shape index (κ1) is 9.35. The van der Waals surface area contributed by atoms with Crippen LogP contribution >= 0.6 is 0 Å². The van der Waals surface area contributed by atoms with Crippen LogP contribution in [0.2, 0.25) is 0 Å². The third-order valence-electron chi connectivity index (χ3n) is 2.51. The molecule has 1 aliphatic rings. The average molecular weight is 199 g/mol. The maximum absolute atomic E-state index is 9.79. The van der Waals surface area contributed by atoms with E-state index in [4.69, 9.17) is 5.11 Å². The average Bonchev–Trinajstić information content (AvgIpc) is 2.73. The number of anilines is 1. The van der Waals surface area contributed by atoms with Gasteiger partial charge in [-0.05, 0) is 16.8 Å². The van der Waals surface area contributed by atoms with E-state index in [0.717, 1.165) is 0 Å². The zero-order chi connectivity index (χ0) is 10.2. The number of β-amino-alcohol motifs (C(OH)–C–C–N with tert-alkyl or cyclic N) is 1. The molecule has 0 spiro atoms.